The minimum atomic E-state index is -0.932. The molecule has 2 N–H and O–H groups in total. The molecule has 0 aromatic rings. The predicted molar refractivity (Wildman–Crippen MR) is 77.9 cm³/mol. The van der Waals surface area contributed by atoms with Gasteiger partial charge in [-0.05, 0) is 25.2 Å². The second kappa shape index (κ2) is 8.93. The molecule has 1 fully saturated rings. The highest BCUT2D eigenvalue weighted by atomic mass is 16.4. The highest BCUT2D eigenvalue weighted by Crippen LogP contribution is 2.35. The first kappa shape index (κ1) is 17.8. The second-order valence-electron chi connectivity index (χ2n) is 5.98. The van der Waals surface area contributed by atoms with E-state index in [0.717, 1.165) is 19.3 Å². The maximum absolute atomic E-state index is 11.8. The minimum absolute atomic E-state index is 0.0628. The van der Waals surface area contributed by atoms with Crippen LogP contribution in [0.15, 0.2) is 0 Å². The Balaban J connectivity index is 2.43. The van der Waals surface area contributed by atoms with Gasteiger partial charge in [0, 0.05) is 31.6 Å². The van der Waals surface area contributed by atoms with E-state index in [4.69, 9.17) is 5.11 Å². The summed E-state index contributed by atoms with van der Waals surface area (Å²) in [5, 5.41) is 18.7. The number of ketones is 2. The van der Waals surface area contributed by atoms with Crippen LogP contribution < -0.4 is 0 Å². The lowest BCUT2D eigenvalue weighted by Crippen LogP contribution is -2.22. The lowest BCUT2D eigenvalue weighted by atomic mass is 9.86. The zero-order valence-electron chi connectivity index (χ0n) is 12.7. The number of hydrogen-bond donors (Lipinski definition) is 2. The summed E-state index contributed by atoms with van der Waals surface area (Å²) in [6, 6.07) is 0. The number of Topliss-reactive ketones (excluding diaryl/α,β-unsaturated/α-hetero) is 2. The quantitative estimate of drug-likeness (QED) is 0.604. The van der Waals surface area contributed by atoms with E-state index in [1.165, 1.54) is 0 Å². The summed E-state index contributed by atoms with van der Waals surface area (Å²) in [4.78, 5) is 34.2. The van der Waals surface area contributed by atoms with Gasteiger partial charge in [0.25, 0.3) is 0 Å². The van der Waals surface area contributed by atoms with E-state index < -0.39 is 18.0 Å². The topological polar surface area (TPSA) is 91.7 Å². The lowest BCUT2D eigenvalue weighted by molar-refractivity contribution is -0.137. The van der Waals surface area contributed by atoms with Crippen molar-refractivity contribution in [3.8, 4) is 0 Å². The van der Waals surface area contributed by atoms with Crippen molar-refractivity contribution >= 4 is 17.5 Å². The van der Waals surface area contributed by atoms with Gasteiger partial charge in [-0.1, -0.05) is 19.8 Å². The highest BCUT2D eigenvalue weighted by Gasteiger charge is 2.41. The molecule has 3 unspecified atom stereocenters. The lowest BCUT2D eigenvalue weighted by Gasteiger charge is -2.20. The Labute approximate surface area is 125 Å². The van der Waals surface area contributed by atoms with Gasteiger partial charge in [0.1, 0.15) is 11.6 Å². The summed E-state index contributed by atoms with van der Waals surface area (Å²) in [5.41, 5.74) is 0. The van der Waals surface area contributed by atoms with Crippen LogP contribution in [0.3, 0.4) is 0 Å². The van der Waals surface area contributed by atoms with E-state index >= 15 is 0 Å². The van der Waals surface area contributed by atoms with Gasteiger partial charge in [-0.3, -0.25) is 14.4 Å². The van der Waals surface area contributed by atoms with Gasteiger partial charge in [-0.25, -0.2) is 0 Å². The molecule has 5 nitrogen and oxygen atoms in total. The van der Waals surface area contributed by atoms with Crippen LogP contribution in [0.1, 0.15) is 64.7 Å². The molecule has 120 valence electrons. The van der Waals surface area contributed by atoms with Crippen LogP contribution in [0.5, 0.6) is 0 Å². The van der Waals surface area contributed by atoms with Crippen molar-refractivity contribution in [2.75, 3.05) is 0 Å². The number of aliphatic carboxylic acids is 1. The first-order valence-corrected chi connectivity index (χ1v) is 7.90. The van der Waals surface area contributed by atoms with Crippen LogP contribution in [0.4, 0.5) is 0 Å². The third-order valence-corrected chi connectivity index (χ3v) is 4.32. The Kier molecular flexibility index (Phi) is 7.57. The molecule has 1 rings (SSSR count). The van der Waals surface area contributed by atoms with Gasteiger partial charge in [0.15, 0.2) is 0 Å². The molecule has 0 aliphatic heterocycles. The summed E-state index contributed by atoms with van der Waals surface area (Å²) >= 11 is 0. The summed E-state index contributed by atoms with van der Waals surface area (Å²) in [5.74, 6) is -1.48. The summed E-state index contributed by atoms with van der Waals surface area (Å²) in [7, 11) is 0. The number of carbonyl (C=O) groups is 3. The van der Waals surface area contributed by atoms with Gasteiger partial charge in [0.05, 0.1) is 6.10 Å². The van der Waals surface area contributed by atoms with E-state index in [1.54, 1.807) is 0 Å². The molecular weight excluding hydrogens is 272 g/mol. The molecule has 0 heterocycles. The van der Waals surface area contributed by atoms with Crippen LogP contribution in [0.25, 0.3) is 0 Å². The molecule has 0 bridgehead atoms. The molecule has 5 heteroatoms. The fourth-order valence-corrected chi connectivity index (χ4v) is 3.09. The molecular formula is C16H26O5. The number of hydrogen-bond acceptors (Lipinski definition) is 4. The maximum Gasteiger partial charge on any atom is 0.303 e. The van der Waals surface area contributed by atoms with Gasteiger partial charge < -0.3 is 10.2 Å². The van der Waals surface area contributed by atoms with Crippen molar-refractivity contribution in [3.63, 3.8) is 0 Å². The first-order chi connectivity index (χ1) is 9.95. The first-order valence-electron chi connectivity index (χ1n) is 7.90. The zero-order valence-corrected chi connectivity index (χ0v) is 12.7. The van der Waals surface area contributed by atoms with Crippen molar-refractivity contribution in [2.24, 2.45) is 11.8 Å². The van der Waals surface area contributed by atoms with Crippen molar-refractivity contribution in [1.82, 2.24) is 0 Å². The van der Waals surface area contributed by atoms with Crippen LogP contribution in [0, 0.1) is 11.8 Å². The number of unbranched alkanes of at least 4 members (excludes halogenated alkanes) is 2. The number of carbonyl (C=O) groups excluding carboxylic acids is 2. The highest BCUT2D eigenvalue weighted by molar-refractivity contribution is 5.85. The molecule has 0 radical (unpaired) electrons. The van der Waals surface area contributed by atoms with Crippen LogP contribution in [-0.2, 0) is 14.4 Å². The van der Waals surface area contributed by atoms with Crippen LogP contribution in [-0.4, -0.2) is 33.9 Å². The number of aliphatic hydroxyl groups is 1. The minimum Gasteiger partial charge on any atom is -0.481 e. The van der Waals surface area contributed by atoms with E-state index in [1.807, 2.05) is 0 Å². The monoisotopic (exact) mass is 298 g/mol. The van der Waals surface area contributed by atoms with Crippen molar-refractivity contribution < 1.29 is 24.6 Å². The molecule has 3 atom stereocenters. The van der Waals surface area contributed by atoms with Crippen molar-refractivity contribution in [3.05, 3.63) is 0 Å². The Bertz CT molecular complexity index is 377. The third kappa shape index (κ3) is 5.96. The number of aliphatic hydroxyl groups excluding tert-OH is 1. The largest absolute Gasteiger partial charge is 0.481 e. The molecule has 0 aromatic heterocycles. The Morgan fingerprint density at radius 2 is 1.86 bits per heavy atom. The van der Waals surface area contributed by atoms with Gasteiger partial charge in [-0.2, -0.15) is 0 Å². The van der Waals surface area contributed by atoms with Crippen molar-refractivity contribution in [2.45, 2.75) is 70.8 Å². The molecule has 0 spiro atoms. The number of carboxylic acids is 1. The molecule has 21 heavy (non-hydrogen) atoms. The van der Waals surface area contributed by atoms with E-state index in [0.29, 0.717) is 19.3 Å². The predicted octanol–water partition coefficient (Wildman–Crippen LogP) is 2.35. The maximum atomic E-state index is 11.8. The van der Waals surface area contributed by atoms with Crippen molar-refractivity contribution in [1.29, 1.82) is 0 Å². The number of rotatable bonds is 10. The third-order valence-electron chi connectivity index (χ3n) is 4.32. The van der Waals surface area contributed by atoms with Crippen LogP contribution >= 0.6 is 0 Å². The van der Waals surface area contributed by atoms with E-state index in [-0.39, 0.29) is 36.7 Å². The smallest absolute Gasteiger partial charge is 0.303 e. The second-order valence-corrected chi connectivity index (χ2v) is 5.98. The van der Waals surface area contributed by atoms with Gasteiger partial charge in [0.2, 0.25) is 0 Å². The zero-order chi connectivity index (χ0) is 15.8. The molecule has 1 saturated carbocycles. The normalized spacial score (nSPS) is 25.2. The fourth-order valence-electron chi connectivity index (χ4n) is 3.09. The van der Waals surface area contributed by atoms with Gasteiger partial charge >= 0.3 is 5.97 Å². The average Bonchev–Trinajstić information content (AvgIpc) is 2.68. The molecule has 0 aromatic carbocycles. The average molecular weight is 298 g/mol. The summed E-state index contributed by atoms with van der Waals surface area (Å²) in [6.45, 7) is 2.08. The summed E-state index contributed by atoms with van der Waals surface area (Å²) < 4.78 is 0. The summed E-state index contributed by atoms with van der Waals surface area (Å²) in [6.07, 6.45) is 4.00. The Morgan fingerprint density at radius 1 is 1.14 bits per heavy atom. The van der Waals surface area contributed by atoms with E-state index in [9.17, 15) is 19.5 Å². The van der Waals surface area contributed by atoms with Gasteiger partial charge in [-0.15, -0.1) is 0 Å². The van der Waals surface area contributed by atoms with Crippen LogP contribution in [0.2, 0.25) is 0 Å². The Morgan fingerprint density at radius 3 is 2.48 bits per heavy atom. The molecule has 1 aliphatic rings. The molecule has 1 aliphatic carbocycles. The number of carboxylic acid groups (broad SMARTS) is 1. The van der Waals surface area contributed by atoms with E-state index in [2.05, 4.69) is 6.92 Å². The fraction of sp³-hybridized carbons (Fsp3) is 0.812. The molecule has 0 saturated heterocycles. The standard InChI is InChI=1S/C16H26O5/c1-2-3-4-5-11(17)6-7-12-13(8-9-16(20)21)15(19)10-14(12)18/h12-14,18H,2-10H2,1H3,(H,20,21). The Hall–Kier alpha value is -1.23. The molecule has 0 amide bonds. The SMILES string of the molecule is CCCCCC(=O)CCC1C(O)CC(=O)C1CCC(=O)O.